The molecule has 29 heavy (non-hydrogen) atoms. The maximum absolute atomic E-state index is 13.0. The second-order valence-corrected chi connectivity index (χ2v) is 6.92. The van der Waals surface area contributed by atoms with Gasteiger partial charge in [-0.15, -0.1) is 12.4 Å². The van der Waals surface area contributed by atoms with Gasteiger partial charge in [-0.25, -0.2) is 4.39 Å². The number of hydrogen-bond acceptors (Lipinski definition) is 4. The highest BCUT2D eigenvalue weighted by atomic mass is 35.5. The summed E-state index contributed by atoms with van der Waals surface area (Å²) in [5, 5.41) is 0. The van der Waals surface area contributed by atoms with E-state index in [0.717, 1.165) is 24.8 Å². The zero-order valence-corrected chi connectivity index (χ0v) is 17.2. The minimum atomic E-state index is -0.283. The normalized spacial score (nSPS) is 14.3. The molecule has 2 aromatic carbocycles. The summed E-state index contributed by atoms with van der Waals surface area (Å²) in [4.78, 5) is 14.8. The van der Waals surface area contributed by atoms with Gasteiger partial charge < -0.3 is 20.1 Å². The highest BCUT2D eigenvalue weighted by Gasteiger charge is 2.25. The van der Waals surface area contributed by atoms with Gasteiger partial charge in [-0.2, -0.15) is 0 Å². The Morgan fingerprint density at radius 3 is 2.48 bits per heavy atom. The van der Waals surface area contributed by atoms with Gasteiger partial charge in [-0.3, -0.25) is 4.79 Å². The van der Waals surface area contributed by atoms with Crippen LogP contribution >= 0.6 is 12.4 Å². The molecule has 1 aliphatic heterocycles. The molecule has 1 amide bonds. The Balaban J connectivity index is 0.00000300. The first kappa shape index (κ1) is 23.1. The monoisotopic (exact) mass is 422 g/mol. The second kappa shape index (κ2) is 11.8. The van der Waals surface area contributed by atoms with Crippen LogP contribution in [0.25, 0.3) is 0 Å². The fraction of sp³-hybridized carbons (Fsp3) is 0.409. The molecule has 158 valence electrons. The molecular formula is C22H28ClFN2O3. The summed E-state index contributed by atoms with van der Waals surface area (Å²) in [5.74, 6) is 0.225. The zero-order valence-electron chi connectivity index (χ0n) is 16.4. The Morgan fingerprint density at radius 2 is 1.79 bits per heavy atom. The van der Waals surface area contributed by atoms with Crippen LogP contribution in [0.15, 0.2) is 48.5 Å². The van der Waals surface area contributed by atoms with Crippen LogP contribution in [0.3, 0.4) is 0 Å². The van der Waals surface area contributed by atoms with E-state index in [1.807, 2.05) is 17.0 Å². The van der Waals surface area contributed by atoms with Crippen molar-refractivity contribution in [2.45, 2.75) is 32.0 Å². The van der Waals surface area contributed by atoms with Crippen LogP contribution < -0.4 is 10.5 Å². The summed E-state index contributed by atoms with van der Waals surface area (Å²) in [6.07, 6.45) is 2.71. The fourth-order valence-corrected chi connectivity index (χ4v) is 3.24. The molecule has 3 rings (SSSR count). The van der Waals surface area contributed by atoms with Crippen LogP contribution in [0.5, 0.6) is 5.75 Å². The average Bonchev–Trinajstić information content (AvgIpc) is 2.74. The predicted molar refractivity (Wildman–Crippen MR) is 113 cm³/mol. The molecule has 1 fully saturated rings. The molecule has 2 aromatic rings. The van der Waals surface area contributed by atoms with Crippen LogP contribution in [-0.4, -0.2) is 43.2 Å². The van der Waals surface area contributed by atoms with Crippen LogP contribution in [0.1, 0.15) is 35.2 Å². The minimum Gasteiger partial charge on any atom is -0.488 e. The number of benzene rings is 2. The molecule has 0 radical (unpaired) electrons. The van der Waals surface area contributed by atoms with Crippen molar-refractivity contribution in [2.24, 2.45) is 5.73 Å². The maximum Gasteiger partial charge on any atom is 0.257 e. The van der Waals surface area contributed by atoms with Gasteiger partial charge >= 0.3 is 0 Å². The largest absolute Gasteiger partial charge is 0.488 e. The number of carbonyl (C=O) groups is 1. The summed E-state index contributed by atoms with van der Waals surface area (Å²) < 4.78 is 24.7. The number of para-hydroxylation sites is 1. The first-order valence-electron chi connectivity index (χ1n) is 9.74. The number of amides is 1. The molecule has 1 heterocycles. The van der Waals surface area contributed by atoms with E-state index in [0.29, 0.717) is 37.6 Å². The van der Waals surface area contributed by atoms with E-state index < -0.39 is 0 Å². The Bertz CT molecular complexity index is 765. The van der Waals surface area contributed by atoms with Gasteiger partial charge in [0.1, 0.15) is 18.2 Å². The fourth-order valence-electron chi connectivity index (χ4n) is 3.24. The summed E-state index contributed by atoms with van der Waals surface area (Å²) >= 11 is 0. The molecule has 2 N–H and O–H groups in total. The number of piperidine rings is 1. The lowest BCUT2D eigenvalue weighted by Crippen LogP contribution is -2.41. The van der Waals surface area contributed by atoms with Crippen LogP contribution in [0.4, 0.5) is 4.39 Å². The Hall–Kier alpha value is -2.15. The molecule has 0 bridgehead atoms. The van der Waals surface area contributed by atoms with E-state index in [9.17, 15) is 9.18 Å². The van der Waals surface area contributed by atoms with Gasteiger partial charge in [0, 0.05) is 19.7 Å². The maximum atomic E-state index is 13.0. The molecule has 0 spiro atoms. The highest BCUT2D eigenvalue weighted by molar-refractivity contribution is 5.97. The highest BCUT2D eigenvalue weighted by Crippen LogP contribution is 2.24. The quantitative estimate of drug-likeness (QED) is 0.657. The number of ether oxygens (including phenoxy) is 2. The molecule has 7 heteroatoms. The third kappa shape index (κ3) is 6.70. The molecular weight excluding hydrogens is 395 g/mol. The number of likely N-dealkylation sites (tertiary alicyclic amines) is 1. The van der Waals surface area contributed by atoms with Crippen LogP contribution in [0.2, 0.25) is 0 Å². The van der Waals surface area contributed by atoms with Gasteiger partial charge in [-0.1, -0.05) is 24.3 Å². The first-order chi connectivity index (χ1) is 13.7. The Labute approximate surface area is 177 Å². The van der Waals surface area contributed by atoms with Gasteiger partial charge in [0.15, 0.2) is 0 Å². The van der Waals surface area contributed by atoms with Crippen molar-refractivity contribution in [1.82, 2.24) is 4.90 Å². The van der Waals surface area contributed by atoms with Crippen molar-refractivity contribution >= 4 is 18.3 Å². The summed E-state index contributed by atoms with van der Waals surface area (Å²) in [5.41, 5.74) is 6.89. The zero-order chi connectivity index (χ0) is 19.8. The van der Waals surface area contributed by atoms with Crippen molar-refractivity contribution in [3.8, 4) is 5.75 Å². The standard InChI is InChI=1S/C22H27FN2O3.ClH/c23-18-8-6-17(7-9-18)16-28-21-5-2-1-4-20(21)22(26)25-13-10-19(11-14-25)27-15-3-12-24;/h1-2,4-9,19H,3,10-16,24H2;1H. The number of nitrogens with two attached hydrogens (primary N) is 1. The molecule has 0 atom stereocenters. The number of carbonyl (C=O) groups excluding carboxylic acids is 1. The lowest BCUT2D eigenvalue weighted by atomic mass is 10.1. The lowest BCUT2D eigenvalue weighted by Gasteiger charge is -2.32. The number of rotatable bonds is 8. The molecule has 1 aliphatic rings. The van der Waals surface area contributed by atoms with Crippen LogP contribution in [-0.2, 0) is 11.3 Å². The predicted octanol–water partition coefficient (Wildman–Crippen LogP) is 3.80. The van der Waals surface area contributed by atoms with Crippen molar-refractivity contribution in [2.75, 3.05) is 26.2 Å². The van der Waals surface area contributed by atoms with Crippen molar-refractivity contribution in [3.63, 3.8) is 0 Å². The lowest BCUT2D eigenvalue weighted by molar-refractivity contribution is 0.00835. The molecule has 0 aromatic heterocycles. The molecule has 0 unspecified atom stereocenters. The van der Waals surface area contributed by atoms with E-state index in [4.69, 9.17) is 15.2 Å². The summed E-state index contributed by atoms with van der Waals surface area (Å²) in [7, 11) is 0. The van der Waals surface area contributed by atoms with Gasteiger partial charge in [0.2, 0.25) is 0 Å². The average molecular weight is 423 g/mol. The Morgan fingerprint density at radius 1 is 1.10 bits per heavy atom. The van der Waals surface area contributed by atoms with Crippen molar-refractivity contribution in [3.05, 3.63) is 65.5 Å². The van der Waals surface area contributed by atoms with Crippen LogP contribution in [0, 0.1) is 5.82 Å². The summed E-state index contributed by atoms with van der Waals surface area (Å²) in [6, 6.07) is 13.4. The van der Waals surface area contributed by atoms with Gasteiger partial charge in [-0.05, 0) is 55.6 Å². The van der Waals surface area contributed by atoms with E-state index in [1.165, 1.54) is 12.1 Å². The second-order valence-electron chi connectivity index (χ2n) is 6.92. The Kier molecular flexibility index (Phi) is 9.38. The van der Waals surface area contributed by atoms with E-state index in [1.54, 1.807) is 24.3 Å². The molecule has 0 aliphatic carbocycles. The third-order valence-corrected chi connectivity index (χ3v) is 4.86. The smallest absolute Gasteiger partial charge is 0.257 e. The topological polar surface area (TPSA) is 64.8 Å². The minimum absolute atomic E-state index is 0. The molecule has 0 saturated carbocycles. The van der Waals surface area contributed by atoms with Crippen molar-refractivity contribution < 1.29 is 18.7 Å². The third-order valence-electron chi connectivity index (χ3n) is 4.86. The van der Waals surface area contributed by atoms with Crippen molar-refractivity contribution in [1.29, 1.82) is 0 Å². The van der Waals surface area contributed by atoms with E-state index in [-0.39, 0.29) is 36.8 Å². The number of hydrogen-bond donors (Lipinski definition) is 1. The first-order valence-corrected chi connectivity index (χ1v) is 9.74. The van der Waals surface area contributed by atoms with E-state index in [2.05, 4.69) is 0 Å². The number of nitrogens with zero attached hydrogens (tertiary/aromatic N) is 1. The van der Waals surface area contributed by atoms with E-state index >= 15 is 0 Å². The SMILES string of the molecule is Cl.NCCCOC1CCN(C(=O)c2ccccc2OCc2ccc(F)cc2)CC1. The molecule has 5 nitrogen and oxygen atoms in total. The van der Waals surface area contributed by atoms with Gasteiger partial charge in [0.05, 0.1) is 11.7 Å². The molecule has 1 saturated heterocycles. The summed E-state index contributed by atoms with van der Waals surface area (Å²) in [6.45, 7) is 2.92. The number of halogens is 2. The van der Waals surface area contributed by atoms with Gasteiger partial charge in [0.25, 0.3) is 5.91 Å².